The van der Waals surface area contributed by atoms with Crippen LogP contribution in [0, 0.1) is 0 Å². The first kappa shape index (κ1) is 17.3. The molecule has 0 bridgehead atoms. The number of rotatable bonds is 12. The van der Waals surface area contributed by atoms with Crippen molar-refractivity contribution in [2.45, 2.75) is 51.4 Å². The molecule has 0 atom stereocenters. The molecule has 0 amide bonds. The molecule has 0 aliphatic rings. The maximum atomic E-state index is 10.4. The molecule has 0 aliphatic carbocycles. The van der Waals surface area contributed by atoms with Crippen LogP contribution < -0.4 is 10.1 Å². The molecule has 0 saturated heterocycles. The predicted octanol–water partition coefficient (Wildman–Crippen LogP) is 4.31. The monoisotopic (exact) mass is 293 g/mol. The minimum Gasteiger partial charge on any atom is -0.495 e. The van der Waals surface area contributed by atoms with Gasteiger partial charge in [-0.3, -0.25) is 4.79 Å². The van der Waals surface area contributed by atoms with Gasteiger partial charge in [-0.1, -0.05) is 44.2 Å². The minimum atomic E-state index is -0.683. The van der Waals surface area contributed by atoms with Gasteiger partial charge in [0.15, 0.2) is 0 Å². The zero-order chi connectivity index (χ0) is 15.3. The van der Waals surface area contributed by atoms with E-state index in [2.05, 4.69) is 5.32 Å². The molecule has 0 aromatic heterocycles. The van der Waals surface area contributed by atoms with E-state index in [1.54, 1.807) is 7.11 Å². The normalized spacial score (nSPS) is 10.3. The van der Waals surface area contributed by atoms with Crippen LogP contribution >= 0.6 is 0 Å². The third-order valence-electron chi connectivity index (χ3n) is 3.49. The van der Waals surface area contributed by atoms with Gasteiger partial charge in [-0.2, -0.15) is 0 Å². The Bertz CT molecular complexity index is 407. The van der Waals surface area contributed by atoms with Gasteiger partial charge < -0.3 is 15.2 Å². The molecule has 0 aliphatic heterocycles. The quantitative estimate of drug-likeness (QED) is 0.564. The molecule has 4 heteroatoms. The number of ether oxygens (including phenoxy) is 1. The Kier molecular flexibility index (Phi) is 9.09. The molecule has 4 nitrogen and oxygen atoms in total. The van der Waals surface area contributed by atoms with Crippen LogP contribution in [0.5, 0.6) is 5.75 Å². The Morgan fingerprint density at radius 2 is 1.67 bits per heavy atom. The van der Waals surface area contributed by atoms with Crippen LogP contribution in [0.3, 0.4) is 0 Å². The number of nitrogens with one attached hydrogen (secondary N) is 1. The van der Waals surface area contributed by atoms with Gasteiger partial charge >= 0.3 is 5.97 Å². The molecular formula is C17H27NO3. The zero-order valence-electron chi connectivity index (χ0n) is 12.9. The summed E-state index contributed by atoms with van der Waals surface area (Å²) in [7, 11) is 1.69. The third kappa shape index (κ3) is 8.23. The highest BCUT2D eigenvalue weighted by Crippen LogP contribution is 2.22. The number of carboxylic acids is 1. The fourth-order valence-corrected chi connectivity index (χ4v) is 2.30. The number of aliphatic carboxylic acids is 1. The van der Waals surface area contributed by atoms with Crippen molar-refractivity contribution in [3.63, 3.8) is 0 Å². The molecule has 0 radical (unpaired) electrons. The Balaban J connectivity index is 1.96. The summed E-state index contributed by atoms with van der Waals surface area (Å²) in [5, 5.41) is 11.9. The summed E-state index contributed by atoms with van der Waals surface area (Å²) >= 11 is 0. The molecule has 21 heavy (non-hydrogen) atoms. The fourth-order valence-electron chi connectivity index (χ4n) is 2.30. The number of hydrogen-bond donors (Lipinski definition) is 2. The van der Waals surface area contributed by atoms with E-state index in [4.69, 9.17) is 9.84 Å². The summed E-state index contributed by atoms with van der Waals surface area (Å²) in [6.07, 6.45) is 8.08. The average molecular weight is 293 g/mol. The van der Waals surface area contributed by atoms with Crippen LogP contribution in [0.1, 0.15) is 51.4 Å². The number of carbonyl (C=O) groups is 1. The van der Waals surface area contributed by atoms with Crippen LogP contribution in [0.2, 0.25) is 0 Å². The average Bonchev–Trinajstić information content (AvgIpc) is 2.49. The van der Waals surface area contributed by atoms with Gasteiger partial charge in [-0.25, -0.2) is 0 Å². The van der Waals surface area contributed by atoms with Gasteiger partial charge in [0.1, 0.15) is 5.75 Å². The first-order valence-corrected chi connectivity index (χ1v) is 7.82. The van der Waals surface area contributed by atoms with Crippen molar-refractivity contribution < 1.29 is 14.6 Å². The minimum absolute atomic E-state index is 0.308. The van der Waals surface area contributed by atoms with E-state index < -0.39 is 5.97 Å². The molecular weight excluding hydrogens is 266 g/mol. The highest BCUT2D eigenvalue weighted by atomic mass is 16.5. The lowest BCUT2D eigenvalue weighted by Gasteiger charge is -2.10. The molecule has 118 valence electrons. The Morgan fingerprint density at radius 1 is 1.05 bits per heavy atom. The van der Waals surface area contributed by atoms with Gasteiger partial charge in [0.05, 0.1) is 12.8 Å². The van der Waals surface area contributed by atoms with Crippen molar-refractivity contribution in [1.82, 2.24) is 0 Å². The van der Waals surface area contributed by atoms with Gasteiger partial charge in [0.25, 0.3) is 0 Å². The molecule has 0 heterocycles. The maximum Gasteiger partial charge on any atom is 0.303 e. The number of carboxylic acid groups (broad SMARTS) is 1. The summed E-state index contributed by atoms with van der Waals surface area (Å²) in [6, 6.07) is 7.96. The van der Waals surface area contributed by atoms with E-state index in [0.717, 1.165) is 43.7 Å². The second-order valence-electron chi connectivity index (χ2n) is 5.25. The molecule has 0 spiro atoms. The van der Waals surface area contributed by atoms with Crippen molar-refractivity contribution >= 4 is 11.7 Å². The first-order chi connectivity index (χ1) is 10.2. The highest BCUT2D eigenvalue weighted by Gasteiger charge is 2.00. The van der Waals surface area contributed by atoms with Crippen LogP contribution in [0.15, 0.2) is 24.3 Å². The maximum absolute atomic E-state index is 10.4. The smallest absolute Gasteiger partial charge is 0.303 e. The molecule has 1 rings (SSSR count). The van der Waals surface area contributed by atoms with E-state index in [9.17, 15) is 4.79 Å². The van der Waals surface area contributed by atoms with E-state index in [1.165, 1.54) is 19.3 Å². The fraction of sp³-hybridized carbons (Fsp3) is 0.588. The van der Waals surface area contributed by atoms with Gasteiger partial charge in [0.2, 0.25) is 0 Å². The molecule has 0 fully saturated rings. The standard InChI is InChI=1S/C17H27NO3/c1-21-16-12-9-8-11-15(16)18-14-10-6-4-2-3-5-7-13-17(19)20/h8-9,11-12,18H,2-7,10,13-14H2,1H3,(H,19,20). The van der Waals surface area contributed by atoms with Gasteiger partial charge in [-0.15, -0.1) is 0 Å². The summed E-state index contributed by atoms with van der Waals surface area (Å²) in [5.41, 5.74) is 1.05. The summed E-state index contributed by atoms with van der Waals surface area (Å²) in [6.45, 7) is 0.958. The number of benzene rings is 1. The van der Waals surface area contributed by atoms with Crippen molar-refractivity contribution in [1.29, 1.82) is 0 Å². The zero-order valence-corrected chi connectivity index (χ0v) is 12.9. The number of hydrogen-bond acceptors (Lipinski definition) is 3. The van der Waals surface area contributed by atoms with Crippen LogP contribution in [-0.2, 0) is 4.79 Å². The Labute approximate surface area is 127 Å². The van der Waals surface area contributed by atoms with Crippen LogP contribution in [-0.4, -0.2) is 24.7 Å². The first-order valence-electron chi connectivity index (χ1n) is 7.82. The number of unbranched alkanes of at least 4 members (excludes halogenated alkanes) is 6. The SMILES string of the molecule is COc1ccccc1NCCCCCCCCCC(=O)O. The van der Waals surface area contributed by atoms with Gasteiger partial charge in [0, 0.05) is 13.0 Å². The van der Waals surface area contributed by atoms with Crippen molar-refractivity contribution in [2.75, 3.05) is 19.0 Å². The van der Waals surface area contributed by atoms with Crippen molar-refractivity contribution in [2.24, 2.45) is 0 Å². The topological polar surface area (TPSA) is 58.6 Å². The van der Waals surface area contributed by atoms with E-state index in [1.807, 2.05) is 24.3 Å². The van der Waals surface area contributed by atoms with Crippen LogP contribution in [0.25, 0.3) is 0 Å². The lowest BCUT2D eigenvalue weighted by Crippen LogP contribution is -2.02. The second kappa shape index (κ2) is 11.0. The molecule has 2 N–H and O–H groups in total. The lowest BCUT2D eigenvalue weighted by molar-refractivity contribution is -0.137. The van der Waals surface area contributed by atoms with E-state index in [-0.39, 0.29) is 0 Å². The highest BCUT2D eigenvalue weighted by molar-refractivity contribution is 5.66. The summed E-state index contributed by atoms with van der Waals surface area (Å²) < 4.78 is 5.29. The number of anilines is 1. The Morgan fingerprint density at radius 3 is 2.33 bits per heavy atom. The third-order valence-corrected chi connectivity index (χ3v) is 3.49. The Hall–Kier alpha value is -1.71. The van der Waals surface area contributed by atoms with Crippen LogP contribution in [0.4, 0.5) is 5.69 Å². The second-order valence-corrected chi connectivity index (χ2v) is 5.25. The number of para-hydroxylation sites is 2. The number of methoxy groups -OCH3 is 1. The van der Waals surface area contributed by atoms with Crippen molar-refractivity contribution in [3.05, 3.63) is 24.3 Å². The lowest BCUT2D eigenvalue weighted by atomic mass is 10.1. The van der Waals surface area contributed by atoms with E-state index in [0.29, 0.717) is 6.42 Å². The van der Waals surface area contributed by atoms with Crippen molar-refractivity contribution in [3.8, 4) is 5.75 Å². The molecule has 1 aromatic rings. The predicted molar refractivity (Wildman–Crippen MR) is 86.1 cm³/mol. The molecule has 0 unspecified atom stereocenters. The molecule has 0 saturated carbocycles. The molecule has 1 aromatic carbocycles. The summed E-state index contributed by atoms with van der Waals surface area (Å²) in [5.74, 6) is 0.202. The summed E-state index contributed by atoms with van der Waals surface area (Å²) in [4.78, 5) is 10.4. The van der Waals surface area contributed by atoms with Gasteiger partial charge in [-0.05, 0) is 25.0 Å². The largest absolute Gasteiger partial charge is 0.495 e. The van der Waals surface area contributed by atoms with E-state index >= 15 is 0 Å².